The van der Waals surface area contributed by atoms with Gasteiger partial charge in [0.05, 0.1) is 0 Å². The fraction of sp³-hybridized carbons (Fsp3) is 0.333. The van der Waals surface area contributed by atoms with E-state index in [1.165, 1.54) is 23.1 Å². The Labute approximate surface area is 119 Å². The van der Waals surface area contributed by atoms with Crippen molar-refractivity contribution in [2.75, 3.05) is 13.1 Å². The van der Waals surface area contributed by atoms with Gasteiger partial charge in [0.25, 0.3) is 0 Å². The van der Waals surface area contributed by atoms with Crippen LogP contribution in [0.3, 0.4) is 0 Å². The molecule has 2 aliphatic rings. The summed E-state index contributed by atoms with van der Waals surface area (Å²) in [5.74, 6) is -0.0961. The normalized spacial score (nSPS) is 19.9. The lowest BCUT2D eigenvalue weighted by Crippen LogP contribution is -2.57. The average molecular weight is 267 g/mol. The van der Waals surface area contributed by atoms with Crippen molar-refractivity contribution in [3.8, 4) is 0 Å². The fourth-order valence-electron chi connectivity index (χ4n) is 3.89. The molecule has 1 spiro atoms. The van der Waals surface area contributed by atoms with Crippen molar-refractivity contribution < 1.29 is 4.39 Å². The molecule has 102 valence electrons. The highest BCUT2D eigenvalue weighted by Crippen LogP contribution is 2.46. The maximum Gasteiger partial charge on any atom is 0.123 e. The first-order valence-electron chi connectivity index (χ1n) is 7.30. The third-order valence-electron chi connectivity index (χ3n) is 4.81. The SMILES string of the molecule is Fc1ccc2c(c1)CCC21CN(Cc2ccccc2)C1. The molecule has 1 fully saturated rings. The van der Waals surface area contributed by atoms with Crippen LogP contribution in [-0.2, 0) is 18.4 Å². The first-order chi connectivity index (χ1) is 9.75. The molecule has 20 heavy (non-hydrogen) atoms. The molecule has 0 saturated carbocycles. The van der Waals surface area contributed by atoms with Crippen molar-refractivity contribution in [3.05, 3.63) is 71.0 Å². The van der Waals surface area contributed by atoms with Crippen LogP contribution in [0.5, 0.6) is 0 Å². The van der Waals surface area contributed by atoms with Crippen LogP contribution >= 0.6 is 0 Å². The molecular formula is C18H18FN. The number of fused-ring (bicyclic) bond motifs is 2. The largest absolute Gasteiger partial charge is 0.297 e. The summed E-state index contributed by atoms with van der Waals surface area (Å²) in [7, 11) is 0. The number of halogens is 1. The Hall–Kier alpha value is -1.67. The van der Waals surface area contributed by atoms with Gasteiger partial charge in [0.15, 0.2) is 0 Å². The highest BCUT2D eigenvalue weighted by Gasteiger charge is 2.47. The van der Waals surface area contributed by atoms with Gasteiger partial charge in [0, 0.05) is 25.0 Å². The van der Waals surface area contributed by atoms with E-state index in [1.54, 1.807) is 12.1 Å². The summed E-state index contributed by atoms with van der Waals surface area (Å²) in [6, 6.07) is 16.0. The molecule has 2 aromatic carbocycles. The lowest BCUT2D eigenvalue weighted by molar-refractivity contribution is 0.0583. The van der Waals surface area contributed by atoms with Gasteiger partial charge in [-0.15, -0.1) is 0 Å². The van der Waals surface area contributed by atoms with Crippen LogP contribution < -0.4 is 0 Å². The van der Waals surface area contributed by atoms with E-state index in [1.807, 2.05) is 6.07 Å². The lowest BCUT2D eigenvalue weighted by Gasteiger charge is -2.49. The molecule has 0 aromatic heterocycles. The van der Waals surface area contributed by atoms with E-state index in [-0.39, 0.29) is 5.82 Å². The van der Waals surface area contributed by atoms with Gasteiger partial charge in [-0.1, -0.05) is 36.4 Å². The molecule has 0 atom stereocenters. The predicted octanol–water partition coefficient (Wildman–Crippen LogP) is 3.53. The predicted molar refractivity (Wildman–Crippen MR) is 78.1 cm³/mol. The third kappa shape index (κ3) is 1.87. The Balaban J connectivity index is 1.49. The zero-order valence-corrected chi connectivity index (χ0v) is 11.5. The van der Waals surface area contributed by atoms with Crippen LogP contribution in [0.2, 0.25) is 0 Å². The van der Waals surface area contributed by atoms with Crippen molar-refractivity contribution in [1.82, 2.24) is 4.90 Å². The summed E-state index contributed by atoms with van der Waals surface area (Å²) < 4.78 is 13.3. The Morgan fingerprint density at radius 2 is 1.85 bits per heavy atom. The van der Waals surface area contributed by atoms with E-state index in [2.05, 4.69) is 35.2 Å². The van der Waals surface area contributed by atoms with Crippen molar-refractivity contribution in [3.63, 3.8) is 0 Å². The molecule has 1 aliphatic carbocycles. The van der Waals surface area contributed by atoms with Crippen LogP contribution in [0.25, 0.3) is 0 Å². The van der Waals surface area contributed by atoms with E-state index >= 15 is 0 Å². The number of hydrogen-bond donors (Lipinski definition) is 0. The fourth-order valence-corrected chi connectivity index (χ4v) is 3.89. The summed E-state index contributed by atoms with van der Waals surface area (Å²) in [5.41, 5.74) is 4.30. The van der Waals surface area contributed by atoms with Crippen LogP contribution in [0.15, 0.2) is 48.5 Å². The summed E-state index contributed by atoms with van der Waals surface area (Å²) in [6.07, 6.45) is 2.21. The second-order valence-corrected chi connectivity index (χ2v) is 6.21. The van der Waals surface area contributed by atoms with Crippen molar-refractivity contribution in [2.24, 2.45) is 0 Å². The summed E-state index contributed by atoms with van der Waals surface area (Å²) in [4.78, 5) is 2.49. The zero-order valence-electron chi connectivity index (χ0n) is 11.5. The quantitative estimate of drug-likeness (QED) is 0.804. The minimum absolute atomic E-state index is 0.0961. The van der Waals surface area contributed by atoms with E-state index in [0.717, 1.165) is 26.1 Å². The lowest BCUT2D eigenvalue weighted by atomic mass is 9.74. The van der Waals surface area contributed by atoms with Gasteiger partial charge >= 0.3 is 0 Å². The molecular weight excluding hydrogens is 249 g/mol. The van der Waals surface area contributed by atoms with Crippen LogP contribution in [0.1, 0.15) is 23.1 Å². The Morgan fingerprint density at radius 1 is 1.05 bits per heavy atom. The Bertz CT molecular complexity index is 629. The topological polar surface area (TPSA) is 3.24 Å². The van der Waals surface area contributed by atoms with Gasteiger partial charge in [-0.3, -0.25) is 4.90 Å². The van der Waals surface area contributed by atoms with E-state index in [4.69, 9.17) is 0 Å². The Kier molecular flexibility index (Phi) is 2.67. The number of rotatable bonds is 2. The van der Waals surface area contributed by atoms with Crippen molar-refractivity contribution in [1.29, 1.82) is 0 Å². The average Bonchev–Trinajstić information content (AvgIpc) is 2.78. The van der Waals surface area contributed by atoms with Gasteiger partial charge in [-0.25, -0.2) is 4.39 Å². The first-order valence-corrected chi connectivity index (χ1v) is 7.30. The minimum atomic E-state index is -0.0961. The number of likely N-dealkylation sites (tertiary alicyclic amines) is 1. The molecule has 4 rings (SSSR count). The van der Waals surface area contributed by atoms with Gasteiger partial charge in [-0.05, 0) is 41.7 Å². The van der Waals surface area contributed by atoms with Gasteiger partial charge < -0.3 is 0 Å². The number of nitrogens with zero attached hydrogens (tertiary/aromatic N) is 1. The molecule has 1 saturated heterocycles. The maximum atomic E-state index is 13.3. The van der Waals surface area contributed by atoms with Crippen LogP contribution in [0, 0.1) is 5.82 Å². The highest BCUT2D eigenvalue weighted by molar-refractivity contribution is 5.42. The molecule has 0 radical (unpaired) electrons. The van der Waals surface area contributed by atoms with Crippen LogP contribution in [-0.4, -0.2) is 18.0 Å². The van der Waals surface area contributed by atoms with E-state index in [0.29, 0.717) is 5.41 Å². The smallest absolute Gasteiger partial charge is 0.123 e. The zero-order chi connectivity index (χ0) is 13.6. The summed E-state index contributed by atoms with van der Waals surface area (Å²) >= 11 is 0. The molecule has 1 heterocycles. The molecule has 0 N–H and O–H groups in total. The first kappa shape index (κ1) is 12.1. The summed E-state index contributed by atoms with van der Waals surface area (Å²) in [5, 5.41) is 0. The minimum Gasteiger partial charge on any atom is -0.297 e. The molecule has 0 bridgehead atoms. The second kappa shape index (κ2) is 4.42. The molecule has 0 unspecified atom stereocenters. The Morgan fingerprint density at radius 3 is 2.65 bits per heavy atom. The molecule has 2 heteroatoms. The maximum absolute atomic E-state index is 13.3. The standard InChI is InChI=1S/C18H18FN/c19-16-6-7-17-15(10-16)8-9-18(17)12-20(13-18)11-14-4-2-1-3-5-14/h1-7,10H,8-9,11-13H2. The van der Waals surface area contributed by atoms with Crippen LogP contribution in [0.4, 0.5) is 4.39 Å². The van der Waals surface area contributed by atoms with Crippen molar-refractivity contribution in [2.45, 2.75) is 24.8 Å². The summed E-state index contributed by atoms with van der Waals surface area (Å²) in [6.45, 7) is 3.25. The van der Waals surface area contributed by atoms with E-state index in [9.17, 15) is 4.39 Å². The number of hydrogen-bond acceptors (Lipinski definition) is 1. The molecule has 0 amide bonds. The van der Waals surface area contributed by atoms with Crippen molar-refractivity contribution >= 4 is 0 Å². The number of benzene rings is 2. The number of aryl methyl sites for hydroxylation is 1. The molecule has 1 nitrogen and oxygen atoms in total. The molecule has 2 aromatic rings. The molecule has 1 aliphatic heterocycles. The van der Waals surface area contributed by atoms with Gasteiger partial charge in [0.2, 0.25) is 0 Å². The highest BCUT2D eigenvalue weighted by atomic mass is 19.1. The third-order valence-corrected chi connectivity index (χ3v) is 4.81. The second-order valence-electron chi connectivity index (χ2n) is 6.21. The van der Waals surface area contributed by atoms with Gasteiger partial charge in [0.1, 0.15) is 5.82 Å². The van der Waals surface area contributed by atoms with Gasteiger partial charge in [-0.2, -0.15) is 0 Å². The monoisotopic (exact) mass is 267 g/mol. The van der Waals surface area contributed by atoms with E-state index < -0.39 is 0 Å².